The van der Waals surface area contributed by atoms with Gasteiger partial charge in [0.2, 0.25) is 0 Å². The molecule has 4 nitrogen and oxygen atoms in total. The van der Waals surface area contributed by atoms with Crippen LogP contribution >= 0.6 is 0 Å². The molecule has 0 fully saturated rings. The summed E-state index contributed by atoms with van der Waals surface area (Å²) in [6.07, 6.45) is 3.13. The third-order valence-electron chi connectivity index (χ3n) is 2.95. The Balaban J connectivity index is 2.68. The van der Waals surface area contributed by atoms with Gasteiger partial charge in [-0.15, -0.1) is 0 Å². The number of benzene rings is 1. The van der Waals surface area contributed by atoms with Crippen LogP contribution in [0.4, 0.5) is 0 Å². The molecule has 0 heterocycles. The molecule has 0 radical (unpaired) electrons. The fourth-order valence-electron chi connectivity index (χ4n) is 1.90. The normalized spacial score (nSPS) is 11.5. The van der Waals surface area contributed by atoms with Gasteiger partial charge in [0.25, 0.3) is 0 Å². The van der Waals surface area contributed by atoms with Crippen molar-refractivity contribution in [3.8, 4) is 11.5 Å². The minimum atomic E-state index is 0.696. The van der Waals surface area contributed by atoms with E-state index in [-0.39, 0.29) is 0 Å². The van der Waals surface area contributed by atoms with Gasteiger partial charge in [-0.05, 0) is 31.0 Å². The first-order valence-electron chi connectivity index (χ1n) is 7.39. The van der Waals surface area contributed by atoms with E-state index in [4.69, 9.17) is 14.2 Å². The van der Waals surface area contributed by atoms with E-state index in [9.17, 15) is 0 Å². The molecule has 0 aliphatic heterocycles. The fraction of sp³-hybridized carbons (Fsp3) is 0.529. The van der Waals surface area contributed by atoms with Crippen LogP contribution in [-0.4, -0.2) is 40.5 Å². The van der Waals surface area contributed by atoms with Crippen LogP contribution in [0.5, 0.6) is 11.5 Å². The van der Waals surface area contributed by atoms with Gasteiger partial charge in [0.15, 0.2) is 11.5 Å². The fourth-order valence-corrected chi connectivity index (χ4v) is 1.90. The topological polar surface area (TPSA) is 39.7 Å². The lowest BCUT2D eigenvalue weighted by atomic mass is 10.1. The first-order valence-corrected chi connectivity index (χ1v) is 7.39. The molecule has 0 aliphatic carbocycles. The van der Waals surface area contributed by atoms with Crippen molar-refractivity contribution in [1.29, 1.82) is 0 Å². The van der Waals surface area contributed by atoms with Crippen LogP contribution in [0.15, 0.2) is 23.8 Å². The highest BCUT2D eigenvalue weighted by atomic mass is 16.5. The molecule has 1 aromatic rings. The molecule has 0 atom stereocenters. The van der Waals surface area contributed by atoms with Crippen molar-refractivity contribution in [3.63, 3.8) is 0 Å². The molecule has 0 unspecified atom stereocenters. The minimum absolute atomic E-state index is 0.696. The van der Waals surface area contributed by atoms with Gasteiger partial charge in [0.1, 0.15) is 0 Å². The van der Waals surface area contributed by atoms with E-state index in [1.54, 1.807) is 14.2 Å². The Hall–Kier alpha value is -1.52. The molecule has 118 valence electrons. The molecule has 0 spiro atoms. The van der Waals surface area contributed by atoms with Crippen molar-refractivity contribution in [3.05, 3.63) is 29.3 Å². The monoisotopic (exact) mass is 293 g/mol. The van der Waals surface area contributed by atoms with Gasteiger partial charge in [0, 0.05) is 20.2 Å². The highest BCUT2D eigenvalue weighted by Gasteiger charge is 2.04. The molecule has 0 saturated carbocycles. The predicted octanol–water partition coefficient (Wildman–Crippen LogP) is 3.12. The molecular formula is C17H27NO3. The van der Waals surface area contributed by atoms with E-state index in [0.717, 1.165) is 43.2 Å². The van der Waals surface area contributed by atoms with Gasteiger partial charge in [-0.1, -0.05) is 24.6 Å². The molecule has 0 aliphatic rings. The molecule has 1 aromatic carbocycles. The summed E-state index contributed by atoms with van der Waals surface area (Å²) in [6, 6.07) is 6.01. The molecule has 4 heteroatoms. The average Bonchev–Trinajstić information content (AvgIpc) is 2.49. The van der Waals surface area contributed by atoms with Crippen molar-refractivity contribution in [2.24, 2.45) is 0 Å². The van der Waals surface area contributed by atoms with Crippen LogP contribution in [-0.2, 0) is 4.74 Å². The highest BCUT2D eigenvalue weighted by Crippen LogP contribution is 2.29. The Morgan fingerprint density at radius 1 is 1.19 bits per heavy atom. The second-order valence-corrected chi connectivity index (χ2v) is 4.92. The molecular weight excluding hydrogens is 266 g/mol. The zero-order valence-corrected chi connectivity index (χ0v) is 13.6. The molecule has 0 amide bonds. The number of methoxy groups -OCH3 is 2. The second kappa shape index (κ2) is 10.2. The van der Waals surface area contributed by atoms with Crippen LogP contribution in [0.2, 0.25) is 0 Å². The van der Waals surface area contributed by atoms with Crippen molar-refractivity contribution < 1.29 is 14.2 Å². The number of hydrogen-bond acceptors (Lipinski definition) is 4. The standard InChI is InChI=1S/C17H27NO3/c1-5-9-21-17-12-15(6-7-16(17)20-4)11-14(2)13-18-8-10-19-3/h6-7,11-12,18H,5,8-10,13H2,1-4H3. The molecule has 0 bridgehead atoms. The average molecular weight is 293 g/mol. The quantitative estimate of drug-likeness (QED) is 0.673. The van der Waals surface area contributed by atoms with Crippen molar-refractivity contribution >= 4 is 6.08 Å². The SMILES string of the molecule is CCCOc1cc(C=C(C)CNCCOC)ccc1OC. The third kappa shape index (κ3) is 6.65. The summed E-state index contributed by atoms with van der Waals surface area (Å²) in [7, 11) is 3.37. The van der Waals surface area contributed by atoms with Gasteiger partial charge >= 0.3 is 0 Å². The lowest BCUT2D eigenvalue weighted by molar-refractivity contribution is 0.200. The summed E-state index contributed by atoms with van der Waals surface area (Å²) < 4.78 is 16.1. The lowest BCUT2D eigenvalue weighted by Gasteiger charge is -2.11. The Kier molecular flexibility index (Phi) is 8.55. The van der Waals surface area contributed by atoms with E-state index >= 15 is 0 Å². The molecule has 21 heavy (non-hydrogen) atoms. The Morgan fingerprint density at radius 2 is 2.00 bits per heavy atom. The smallest absolute Gasteiger partial charge is 0.161 e. The summed E-state index contributed by atoms with van der Waals surface area (Å²) in [5.74, 6) is 1.57. The Labute approximate surface area is 128 Å². The number of hydrogen-bond donors (Lipinski definition) is 1. The van der Waals surface area contributed by atoms with E-state index in [1.807, 2.05) is 18.2 Å². The molecule has 0 aromatic heterocycles. The van der Waals surface area contributed by atoms with Crippen molar-refractivity contribution in [2.75, 3.05) is 40.5 Å². The van der Waals surface area contributed by atoms with Crippen LogP contribution < -0.4 is 14.8 Å². The third-order valence-corrected chi connectivity index (χ3v) is 2.95. The molecule has 0 saturated heterocycles. The summed E-state index contributed by atoms with van der Waals surface area (Å²) in [5.41, 5.74) is 2.38. The van der Waals surface area contributed by atoms with Gasteiger partial charge in [-0.2, -0.15) is 0 Å². The zero-order valence-electron chi connectivity index (χ0n) is 13.6. The minimum Gasteiger partial charge on any atom is -0.493 e. The first-order chi connectivity index (χ1) is 10.2. The van der Waals surface area contributed by atoms with Gasteiger partial charge in [-0.3, -0.25) is 0 Å². The largest absolute Gasteiger partial charge is 0.493 e. The summed E-state index contributed by atoms with van der Waals surface area (Å²) in [6.45, 7) is 7.32. The highest BCUT2D eigenvalue weighted by molar-refractivity contribution is 5.58. The van der Waals surface area contributed by atoms with Crippen LogP contribution in [0.3, 0.4) is 0 Å². The Morgan fingerprint density at radius 3 is 2.67 bits per heavy atom. The number of ether oxygens (including phenoxy) is 3. The lowest BCUT2D eigenvalue weighted by Crippen LogP contribution is -2.20. The second-order valence-electron chi connectivity index (χ2n) is 4.92. The van der Waals surface area contributed by atoms with Gasteiger partial charge in [-0.25, -0.2) is 0 Å². The maximum Gasteiger partial charge on any atom is 0.161 e. The summed E-state index contributed by atoms with van der Waals surface area (Å²) in [4.78, 5) is 0. The van der Waals surface area contributed by atoms with Gasteiger partial charge in [0.05, 0.1) is 20.3 Å². The van der Waals surface area contributed by atoms with E-state index < -0.39 is 0 Å². The number of nitrogens with one attached hydrogen (secondary N) is 1. The zero-order chi connectivity index (χ0) is 15.5. The van der Waals surface area contributed by atoms with Crippen LogP contribution in [0.1, 0.15) is 25.8 Å². The first kappa shape index (κ1) is 17.5. The van der Waals surface area contributed by atoms with Crippen molar-refractivity contribution in [2.45, 2.75) is 20.3 Å². The van der Waals surface area contributed by atoms with E-state index in [0.29, 0.717) is 6.61 Å². The maximum absolute atomic E-state index is 5.73. The predicted molar refractivity (Wildman–Crippen MR) is 87.2 cm³/mol. The van der Waals surface area contributed by atoms with E-state index in [2.05, 4.69) is 25.2 Å². The molecule has 1 rings (SSSR count). The number of rotatable bonds is 10. The summed E-state index contributed by atoms with van der Waals surface area (Å²) in [5, 5.41) is 3.33. The molecule has 1 N–H and O–H groups in total. The summed E-state index contributed by atoms with van der Waals surface area (Å²) >= 11 is 0. The maximum atomic E-state index is 5.73. The van der Waals surface area contributed by atoms with E-state index in [1.165, 1.54) is 5.57 Å². The van der Waals surface area contributed by atoms with Crippen LogP contribution in [0, 0.1) is 0 Å². The Bertz CT molecular complexity index is 444. The van der Waals surface area contributed by atoms with Crippen LogP contribution in [0.25, 0.3) is 6.08 Å². The van der Waals surface area contributed by atoms with Gasteiger partial charge < -0.3 is 19.5 Å². The van der Waals surface area contributed by atoms with Crippen molar-refractivity contribution in [1.82, 2.24) is 5.32 Å².